The Morgan fingerprint density at radius 1 is 0.857 bits per heavy atom. The number of terminal acetylenes is 1. The lowest BCUT2D eigenvalue weighted by Crippen LogP contribution is -2.66. The predicted molar refractivity (Wildman–Crippen MR) is 126 cm³/mol. The summed E-state index contributed by atoms with van der Waals surface area (Å²) in [6.45, 7) is 13.0. The number of hydrogen-bond acceptors (Lipinski definition) is 0. The van der Waals surface area contributed by atoms with E-state index in [1.54, 1.807) is 0 Å². The van der Waals surface area contributed by atoms with Crippen molar-refractivity contribution in [1.82, 2.24) is 0 Å². The van der Waals surface area contributed by atoms with Gasteiger partial charge in [-0.2, -0.15) is 4.39 Å². The maximum Gasteiger partial charge on any atom is 0.181 e. The van der Waals surface area contributed by atoms with Crippen molar-refractivity contribution in [3.05, 3.63) is 71.7 Å². The first-order valence-corrected chi connectivity index (χ1v) is 15.0. The summed E-state index contributed by atoms with van der Waals surface area (Å²) in [6.07, 6.45) is 5.59. The van der Waals surface area contributed by atoms with Gasteiger partial charge in [0, 0.05) is 5.20 Å². The molecule has 2 rings (SSSR count). The Kier molecular flexibility index (Phi) is 6.55. The zero-order valence-electron chi connectivity index (χ0n) is 17.7. The molecule has 0 aromatic heterocycles. The van der Waals surface area contributed by atoms with Crippen LogP contribution in [0.1, 0.15) is 20.8 Å². The molecular weight excluding hydrogens is 375 g/mol. The van der Waals surface area contributed by atoms with Gasteiger partial charge in [-0.3, -0.25) is 0 Å². The molecule has 0 heterocycles. The SMILES string of the molecule is C#C/C(F)=C(\C#C[Si](C)(C)C)[Si](c1ccccc1)(c1ccccc1)C(C)(C)C. The van der Waals surface area contributed by atoms with Crippen LogP contribution in [0.25, 0.3) is 0 Å². The molecule has 2 aromatic carbocycles. The maximum atomic E-state index is 15.4. The minimum atomic E-state index is -2.85. The molecule has 0 amide bonds. The molecule has 0 spiro atoms. The van der Waals surface area contributed by atoms with Crippen LogP contribution in [-0.2, 0) is 0 Å². The van der Waals surface area contributed by atoms with Gasteiger partial charge >= 0.3 is 0 Å². The Bertz CT molecular complexity index is 902. The second-order valence-electron chi connectivity index (χ2n) is 9.07. The van der Waals surface area contributed by atoms with Crippen molar-refractivity contribution >= 4 is 26.5 Å². The van der Waals surface area contributed by atoms with Crippen LogP contribution in [0.3, 0.4) is 0 Å². The van der Waals surface area contributed by atoms with Crippen molar-refractivity contribution in [2.45, 2.75) is 45.5 Å². The monoisotopic (exact) mass is 404 g/mol. The van der Waals surface area contributed by atoms with E-state index in [1.807, 2.05) is 36.4 Å². The molecular formula is C25H29FSi2. The van der Waals surface area contributed by atoms with Crippen LogP contribution < -0.4 is 10.4 Å². The van der Waals surface area contributed by atoms with Crippen LogP contribution in [0.15, 0.2) is 71.7 Å². The third-order valence-corrected chi connectivity index (χ3v) is 11.4. The summed E-state index contributed by atoms with van der Waals surface area (Å²) in [7, 11) is -4.58. The molecule has 0 saturated carbocycles. The fraction of sp³-hybridized carbons (Fsp3) is 0.280. The van der Waals surface area contributed by atoms with Gasteiger partial charge < -0.3 is 0 Å². The molecule has 3 heteroatoms. The molecule has 0 saturated heterocycles. The molecule has 0 aliphatic rings. The highest BCUT2D eigenvalue weighted by atomic mass is 28.3. The normalized spacial score (nSPS) is 13.1. The molecule has 0 aliphatic carbocycles. The first-order chi connectivity index (χ1) is 13.0. The van der Waals surface area contributed by atoms with E-state index < -0.39 is 22.0 Å². The minimum Gasteiger partial charge on any atom is -0.197 e. The number of benzene rings is 2. The molecule has 0 N–H and O–H groups in total. The Hall–Kier alpha value is -2.34. The Labute approximate surface area is 171 Å². The van der Waals surface area contributed by atoms with Crippen LogP contribution in [0.4, 0.5) is 4.39 Å². The lowest BCUT2D eigenvalue weighted by molar-refractivity contribution is 0.668. The van der Waals surface area contributed by atoms with E-state index in [9.17, 15) is 0 Å². The lowest BCUT2D eigenvalue weighted by Gasteiger charge is -2.44. The molecule has 2 aromatic rings. The van der Waals surface area contributed by atoms with Gasteiger partial charge in [0.1, 0.15) is 8.07 Å². The van der Waals surface area contributed by atoms with Gasteiger partial charge in [-0.15, -0.1) is 12.0 Å². The third kappa shape index (κ3) is 4.38. The van der Waals surface area contributed by atoms with Crippen molar-refractivity contribution < 1.29 is 4.39 Å². The average Bonchev–Trinajstić information content (AvgIpc) is 2.64. The van der Waals surface area contributed by atoms with Crippen molar-refractivity contribution in [2.24, 2.45) is 0 Å². The molecule has 144 valence electrons. The highest BCUT2D eigenvalue weighted by Gasteiger charge is 2.51. The fourth-order valence-corrected chi connectivity index (χ4v) is 9.76. The van der Waals surface area contributed by atoms with Gasteiger partial charge in [0.2, 0.25) is 0 Å². The molecule has 0 radical (unpaired) electrons. The van der Waals surface area contributed by atoms with E-state index in [4.69, 9.17) is 6.42 Å². The summed E-state index contributed by atoms with van der Waals surface area (Å²) >= 11 is 0. The molecule has 0 nitrogen and oxygen atoms in total. The van der Waals surface area contributed by atoms with Crippen LogP contribution in [-0.4, -0.2) is 16.1 Å². The number of halogens is 1. The summed E-state index contributed by atoms with van der Waals surface area (Å²) in [5.74, 6) is 5.04. The lowest BCUT2D eigenvalue weighted by atomic mass is 10.2. The van der Waals surface area contributed by atoms with Gasteiger partial charge in [0.25, 0.3) is 0 Å². The second-order valence-corrected chi connectivity index (χ2v) is 18.5. The molecule has 0 fully saturated rings. The van der Waals surface area contributed by atoms with Crippen molar-refractivity contribution in [3.8, 4) is 23.8 Å². The van der Waals surface area contributed by atoms with Crippen LogP contribution in [0, 0.1) is 23.8 Å². The summed E-state index contributed by atoms with van der Waals surface area (Å²) in [6, 6.07) is 20.5. The standard InChI is InChI=1S/C25H29FSi2/c1-8-23(26)24(19-20-27(5,6)7)28(25(2,3)4,21-15-11-9-12-16-21)22-17-13-10-14-18-22/h1,9-18H,2-7H3/b24-23-. The second kappa shape index (κ2) is 8.35. The highest BCUT2D eigenvalue weighted by molar-refractivity contribution is 7.10. The first-order valence-electron chi connectivity index (χ1n) is 9.55. The Balaban J connectivity index is 3.06. The first kappa shape index (κ1) is 22.0. The van der Waals surface area contributed by atoms with Crippen molar-refractivity contribution in [2.75, 3.05) is 0 Å². The largest absolute Gasteiger partial charge is 0.197 e. The van der Waals surface area contributed by atoms with E-state index in [0.29, 0.717) is 5.20 Å². The van der Waals surface area contributed by atoms with Gasteiger partial charge in [-0.1, -0.05) is 107 Å². The van der Waals surface area contributed by atoms with E-state index >= 15 is 4.39 Å². The molecule has 0 unspecified atom stereocenters. The smallest absolute Gasteiger partial charge is 0.181 e. The topological polar surface area (TPSA) is 0 Å². The van der Waals surface area contributed by atoms with E-state index in [0.717, 1.165) is 10.4 Å². The summed E-state index contributed by atoms with van der Waals surface area (Å²) in [4.78, 5) is 0. The quantitative estimate of drug-likeness (QED) is 0.479. The van der Waals surface area contributed by atoms with E-state index in [2.05, 4.69) is 82.1 Å². The van der Waals surface area contributed by atoms with Crippen molar-refractivity contribution in [3.63, 3.8) is 0 Å². The molecule has 0 bridgehead atoms. The summed E-state index contributed by atoms with van der Waals surface area (Å²) in [5, 5.41) is 2.52. The minimum absolute atomic E-state index is 0.243. The van der Waals surface area contributed by atoms with Crippen LogP contribution in [0.2, 0.25) is 24.7 Å². The predicted octanol–water partition coefficient (Wildman–Crippen LogP) is 5.33. The van der Waals surface area contributed by atoms with Gasteiger partial charge in [-0.05, 0) is 21.3 Å². The van der Waals surface area contributed by atoms with Crippen LogP contribution >= 0.6 is 0 Å². The van der Waals surface area contributed by atoms with Gasteiger partial charge in [0.15, 0.2) is 13.9 Å². The maximum absolute atomic E-state index is 15.4. The molecule has 0 aliphatic heterocycles. The zero-order valence-corrected chi connectivity index (χ0v) is 19.7. The Morgan fingerprint density at radius 3 is 1.61 bits per heavy atom. The summed E-state index contributed by atoms with van der Waals surface area (Å²) < 4.78 is 15.4. The number of hydrogen-bond donors (Lipinski definition) is 0. The van der Waals surface area contributed by atoms with E-state index in [-0.39, 0.29) is 5.04 Å². The zero-order chi connectivity index (χ0) is 21.0. The molecule has 28 heavy (non-hydrogen) atoms. The van der Waals surface area contributed by atoms with Crippen molar-refractivity contribution in [1.29, 1.82) is 0 Å². The molecule has 0 atom stereocenters. The summed E-state index contributed by atoms with van der Waals surface area (Å²) in [5.41, 5.74) is 3.38. The Morgan fingerprint density at radius 2 is 1.29 bits per heavy atom. The van der Waals surface area contributed by atoms with E-state index in [1.165, 1.54) is 0 Å². The fourth-order valence-electron chi connectivity index (χ4n) is 3.71. The number of rotatable bonds is 3. The average molecular weight is 405 g/mol. The van der Waals surface area contributed by atoms with Crippen LogP contribution in [0.5, 0.6) is 0 Å². The number of allylic oxidation sites excluding steroid dienone is 2. The third-order valence-electron chi connectivity index (χ3n) is 4.82. The highest BCUT2D eigenvalue weighted by Crippen LogP contribution is 2.41. The van der Waals surface area contributed by atoms with Gasteiger partial charge in [-0.25, -0.2) is 0 Å². The van der Waals surface area contributed by atoms with Gasteiger partial charge in [0.05, 0.1) is 0 Å².